The molecule has 2 rings (SSSR count). The van der Waals surface area contributed by atoms with E-state index in [9.17, 15) is 0 Å². The van der Waals surface area contributed by atoms with Gasteiger partial charge in [-0.1, -0.05) is 0 Å². The van der Waals surface area contributed by atoms with Crippen LogP contribution in [0.15, 0.2) is 24.3 Å². The molecule has 1 aromatic heterocycles. The summed E-state index contributed by atoms with van der Waals surface area (Å²) in [7, 11) is 5.20. The fraction of sp³-hybridized carbons (Fsp3) is 0.357. The number of hydrogen-bond donors (Lipinski definition) is 1. The largest absolute Gasteiger partial charge is 0.497 e. The monoisotopic (exact) mass is 261 g/mol. The lowest BCUT2D eigenvalue weighted by Crippen LogP contribution is -2.03. The van der Waals surface area contributed by atoms with Gasteiger partial charge in [-0.05, 0) is 24.7 Å². The minimum atomic E-state index is 0.593. The first-order valence-electron chi connectivity index (χ1n) is 6.15. The van der Waals surface area contributed by atoms with E-state index < -0.39 is 0 Å². The Morgan fingerprint density at radius 2 is 2.00 bits per heavy atom. The highest BCUT2D eigenvalue weighted by molar-refractivity contribution is 5.69. The highest BCUT2D eigenvalue weighted by atomic mass is 16.5. The van der Waals surface area contributed by atoms with Crippen LogP contribution >= 0.6 is 0 Å². The summed E-state index contributed by atoms with van der Waals surface area (Å²) in [6, 6.07) is 7.79. The van der Waals surface area contributed by atoms with Crippen LogP contribution in [0.5, 0.6) is 11.5 Å². The fourth-order valence-electron chi connectivity index (χ4n) is 2.06. The second kappa shape index (κ2) is 5.75. The van der Waals surface area contributed by atoms with Gasteiger partial charge in [0.1, 0.15) is 11.5 Å². The summed E-state index contributed by atoms with van der Waals surface area (Å²) in [5.74, 6) is 1.53. The Hall–Kier alpha value is -2.01. The molecule has 5 heteroatoms. The van der Waals surface area contributed by atoms with Crippen molar-refractivity contribution >= 4 is 0 Å². The van der Waals surface area contributed by atoms with E-state index in [-0.39, 0.29) is 0 Å². The van der Waals surface area contributed by atoms with Crippen LogP contribution in [0, 0.1) is 0 Å². The van der Waals surface area contributed by atoms with Crippen LogP contribution in [0.3, 0.4) is 0 Å². The van der Waals surface area contributed by atoms with Gasteiger partial charge in [0.2, 0.25) is 0 Å². The second-order valence-corrected chi connectivity index (χ2v) is 4.25. The summed E-state index contributed by atoms with van der Waals surface area (Å²) < 4.78 is 12.5. The number of hydrogen-bond acceptors (Lipinski definition) is 4. The molecule has 19 heavy (non-hydrogen) atoms. The molecule has 0 radical (unpaired) electrons. The summed E-state index contributed by atoms with van der Waals surface area (Å²) in [5, 5.41) is 4.44. The van der Waals surface area contributed by atoms with Gasteiger partial charge in [-0.15, -0.1) is 0 Å². The molecule has 0 aliphatic rings. The molecule has 0 atom stereocenters. The Morgan fingerprint density at radius 3 is 2.63 bits per heavy atom. The zero-order valence-corrected chi connectivity index (χ0v) is 11.5. The van der Waals surface area contributed by atoms with Gasteiger partial charge >= 0.3 is 0 Å². The predicted octanol–water partition coefficient (Wildman–Crippen LogP) is 1.61. The number of rotatable bonds is 5. The van der Waals surface area contributed by atoms with E-state index in [1.807, 2.05) is 36.0 Å². The second-order valence-electron chi connectivity index (χ2n) is 4.25. The van der Waals surface area contributed by atoms with Crippen LogP contribution in [0.2, 0.25) is 0 Å². The Kier molecular flexibility index (Phi) is 4.06. The van der Waals surface area contributed by atoms with Crippen molar-refractivity contribution in [3.8, 4) is 22.8 Å². The molecule has 0 spiro atoms. The van der Waals surface area contributed by atoms with Crippen LogP contribution in [-0.2, 0) is 13.5 Å². The van der Waals surface area contributed by atoms with E-state index in [2.05, 4.69) is 5.10 Å². The third-order valence-electron chi connectivity index (χ3n) is 3.02. The molecule has 2 N–H and O–H groups in total. The number of benzene rings is 1. The number of methoxy groups -OCH3 is 2. The van der Waals surface area contributed by atoms with Gasteiger partial charge in [-0.25, -0.2) is 0 Å². The van der Waals surface area contributed by atoms with Crippen molar-refractivity contribution in [2.45, 2.75) is 6.42 Å². The normalized spacial score (nSPS) is 10.5. The minimum Gasteiger partial charge on any atom is -0.497 e. The molecular weight excluding hydrogens is 242 g/mol. The SMILES string of the molecule is COc1ccc(-c2cc(CCN)nn2C)c(OC)c1. The van der Waals surface area contributed by atoms with E-state index in [1.165, 1.54) is 0 Å². The molecule has 0 amide bonds. The van der Waals surface area contributed by atoms with E-state index in [4.69, 9.17) is 15.2 Å². The molecule has 0 saturated heterocycles. The molecule has 102 valence electrons. The number of nitrogens with zero attached hydrogens (tertiary/aromatic N) is 2. The molecule has 1 heterocycles. The van der Waals surface area contributed by atoms with Crippen LogP contribution in [0.1, 0.15) is 5.69 Å². The number of aryl methyl sites for hydroxylation is 1. The summed E-state index contributed by atoms with van der Waals surface area (Å²) in [5.41, 5.74) is 8.54. The molecule has 0 aliphatic heterocycles. The maximum absolute atomic E-state index is 5.56. The molecular formula is C14H19N3O2. The summed E-state index contributed by atoms with van der Waals surface area (Å²) >= 11 is 0. The topological polar surface area (TPSA) is 62.3 Å². The number of nitrogens with two attached hydrogens (primary N) is 1. The predicted molar refractivity (Wildman–Crippen MR) is 74.5 cm³/mol. The molecule has 0 fully saturated rings. The van der Waals surface area contributed by atoms with Crippen LogP contribution in [0.25, 0.3) is 11.3 Å². The quantitative estimate of drug-likeness (QED) is 0.888. The number of aromatic nitrogens is 2. The van der Waals surface area contributed by atoms with Gasteiger partial charge in [0, 0.05) is 25.1 Å². The molecule has 0 unspecified atom stereocenters. The van der Waals surface area contributed by atoms with Crippen LogP contribution < -0.4 is 15.2 Å². The molecule has 1 aromatic carbocycles. The van der Waals surface area contributed by atoms with E-state index >= 15 is 0 Å². The van der Waals surface area contributed by atoms with E-state index in [0.717, 1.165) is 34.9 Å². The van der Waals surface area contributed by atoms with Gasteiger partial charge < -0.3 is 15.2 Å². The molecule has 0 aliphatic carbocycles. The van der Waals surface area contributed by atoms with Gasteiger partial charge in [0.25, 0.3) is 0 Å². The van der Waals surface area contributed by atoms with Gasteiger partial charge in [-0.3, -0.25) is 4.68 Å². The van der Waals surface area contributed by atoms with Gasteiger partial charge in [-0.2, -0.15) is 5.10 Å². The van der Waals surface area contributed by atoms with Crippen molar-refractivity contribution in [1.82, 2.24) is 9.78 Å². The highest BCUT2D eigenvalue weighted by Gasteiger charge is 2.12. The summed E-state index contributed by atoms with van der Waals surface area (Å²) in [4.78, 5) is 0. The first-order chi connectivity index (χ1) is 9.19. The van der Waals surface area contributed by atoms with Crippen molar-refractivity contribution < 1.29 is 9.47 Å². The fourth-order valence-corrected chi connectivity index (χ4v) is 2.06. The molecule has 0 bridgehead atoms. The number of ether oxygens (including phenoxy) is 2. The lowest BCUT2D eigenvalue weighted by molar-refractivity contribution is 0.395. The maximum atomic E-state index is 5.56. The zero-order chi connectivity index (χ0) is 13.8. The lowest BCUT2D eigenvalue weighted by Gasteiger charge is -2.10. The van der Waals surface area contributed by atoms with Gasteiger partial charge in [0.05, 0.1) is 25.6 Å². The molecule has 0 saturated carbocycles. The Morgan fingerprint density at radius 1 is 1.21 bits per heavy atom. The van der Waals surface area contributed by atoms with Crippen LogP contribution in [0.4, 0.5) is 0 Å². The summed E-state index contributed by atoms with van der Waals surface area (Å²) in [6.45, 7) is 0.593. The first-order valence-corrected chi connectivity index (χ1v) is 6.15. The minimum absolute atomic E-state index is 0.593. The van der Waals surface area contributed by atoms with Crippen molar-refractivity contribution in [3.05, 3.63) is 30.0 Å². The third-order valence-corrected chi connectivity index (χ3v) is 3.02. The summed E-state index contributed by atoms with van der Waals surface area (Å²) in [6.07, 6.45) is 0.770. The average molecular weight is 261 g/mol. The lowest BCUT2D eigenvalue weighted by atomic mass is 10.1. The average Bonchev–Trinajstić information content (AvgIpc) is 2.79. The van der Waals surface area contributed by atoms with Crippen LogP contribution in [-0.4, -0.2) is 30.5 Å². The Labute approximate surface area is 112 Å². The van der Waals surface area contributed by atoms with Gasteiger partial charge in [0.15, 0.2) is 0 Å². The maximum Gasteiger partial charge on any atom is 0.131 e. The van der Waals surface area contributed by atoms with E-state index in [0.29, 0.717) is 6.54 Å². The van der Waals surface area contributed by atoms with E-state index in [1.54, 1.807) is 14.2 Å². The first kappa shape index (κ1) is 13.4. The third kappa shape index (κ3) is 2.71. The standard InChI is InChI=1S/C14H19N3O2/c1-17-13(8-10(16-17)6-7-15)12-5-4-11(18-2)9-14(12)19-3/h4-5,8-9H,6-7,15H2,1-3H3. The van der Waals surface area contributed by atoms with Crippen molar-refractivity contribution in [3.63, 3.8) is 0 Å². The van der Waals surface area contributed by atoms with Crippen molar-refractivity contribution in [2.75, 3.05) is 20.8 Å². The Balaban J connectivity index is 2.45. The highest BCUT2D eigenvalue weighted by Crippen LogP contribution is 2.33. The Bertz CT molecular complexity index is 564. The van der Waals surface area contributed by atoms with Crippen molar-refractivity contribution in [2.24, 2.45) is 12.8 Å². The zero-order valence-electron chi connectivity index (χ0n) is 11.5. The smallest absolute Gasteiger partial charge is 0.131 e. The van der Waals surface area contributed by atoms with Crippen molar-refractivity contribution in [1.29, 1.82) is 0 Å². The molecule has 5 nitrogen and oxygen atoms in total. The molecule has 2 aromatic rings.